The second kappa shape index (κ2) is 9.08. The minimum atomic E-state index is -0.0431. The lowest BCUT2D eigenvalue weighted by atomic mass is 10.1. The van der Waals surface area contributed by atoms with E-state index in [1.54, 1.807) is 0 Å². The molecular formula is C23H33N5O2. The molecule has 7 heteroatoms. The Morgan fingerprint density at radius 2 is 1.80 bits per heavy atom. The Bertz CT molecular complexity index is 907. The molecule has 2 fully saturated rings. The molecule has 0 spiro atoms. The van der Waals surface area contributed by atoms with Gasteiger partial charge in [0.1, 0.15) is 11.3 Å². The zero-order chi connectivity index (χ0) is 21.1. The number of nitrogens with zero attached hydrogens (tertiary/aromatic N) is 4. The SMILES string of the molecule is CN=C(NCc1oc2ccccc2c1C)N1CCN(C(C)C(=O)N2CCCC2)CC1. The van der Waals surface area contributed by atoms with Crippen molar-refractivity contribution in [1.82, 2.24) is 20.0 Å². The maximum atomic E-state index is 12.7. The molecule has 0 bridgehead atoms. The van der Waals surface area contributed by atoms with E-state index in [1.165, 1.54) is 5.56 Å². The van der Waals surface area contributed by atoms with Crippen molar-refractivity contribution in [2.75, 3.05) is 46.3 Å². The highest BCUT2D eigenvalue weighted by molar-refractivity contribution is 5.83. The van der Waals surface area contributed by atoms with Crippen molar-refractivity contribution in [1.29, 1.82) is 0 Å². The van der Waals surface area contributed by atoms with Gasteiger partial charge in [0.05, 0.1) is 12.6 Å². The highest BCUT2D eigenvalue weighted by Gasteiger charge is 2.30. The Balaban J connectivity index is 1.31. The monoisotopic (exact) mass is 411 g/mol. The number of hydrogen-bond acceptors (Lipinski definition) is 4. The van der Waals surface area contributed by atoms with Crippen molar-refractivity contribution in [3.63, 3.8) is 0 Å². The fraction of sp³-hybridized carbons (Fsp3) is 0.565. The van der Waals surface area contributed by atoms with Crippen LogP contribution >= 0.6 is 0 Å². The number of furan rings is 1. The molecule has 1 amide bonds. The summed E-state index contributed by atoms with van der Waals surface area (Å²) in [5.74, 6) is 2.11. The van der Waals surface area contributed by atoms with Crippen LogP contribution in [-0.2, 0) is 11.3 Å². The van der Waals surface area contributed by atoms with Crippen molar-refractivity contribution < 1.29 is 9.21 Å². The number of piperazine rings is 1. The number of nitrogens with one attached hydrogen (secondary N) is 1. The molecule has 0 saturated carbocycles. The minimum absolute atomic E-state index is 0.0431. The Hall–Kier alpha value is -2.54. The number of para-hydroxylation sites is 1. The van der Waals surface area contributed by atoms with Crippen LogP contribution in [0.25, 0.3) is 11.0 Å². The zero-order valence-corrected chi connectivity index (χ0v) is 18.4. The van der Waals surface area contributed by atoms with E-state index < -0.39 is 0 Å². The molecule has 2 aliphatic heterocycles. The van der Waals surface area contributed by atoms with Crippen LogP contribution in [0.1, 0.15) is 31.1 Å². The number of guanidine groups is 1. The summed E-state index contributed by atoms with van der Waals surface area (Å²) in [4.78, 5) is 23.8. The maximum Gasteiger partial charge on any atom is 0.239 e. The van der Waals surface area contributed by atoms with E-state index >= 15 is 0 Å². The first-order chi connectivity index (χ1) is 14.6. The maximum absolute atomic E-state index is 12.7. The summed E-state index contributed by atoms with van der Waals surface area (Å²) < 4.78 is 6.02. The summed E-state index contributed by atoms with van der Waals surface area (Å²) in [6.07, 6.45) is 2.28. The number of rotatable bonds is 4. The number of hydrogen-bond donors (Lipinski definition) is 1. The average Bonchev–Trinajstić information content (AvgIpc) is 3.43. The van der Waals surface area contributed by atoms with E-state index in [-0.39, 0.29) is 11.9 Å². The molecule has 1 unspecified atom stereocenters. The summed E-state index contributed by atoms with van der Waals surface area (Å²) in [6.45, 7) is 10.0. The van der Waals surface area contributed by atoms with Gasteiger partial charge in [-0.3, -0.25) is 14.7 Å². The van der Waals surface area contributed by atoms with Gasteiger partial charge in [0.2, 0.25) is 5.91 Å². The molecule has 1 atom stereocenters. The molecule has 0 aliphatic carbocycles. The number of aryl methyl sites for hydroxylation is 1. The third kappa shape index (κ3) is 4.17. The summed E-state index contributed by atoms with van der Waals surface area (Å²) in [7, 11) is 1.82. The van der Waals surface area contributed by atoms with Gasteiger partial charge in [-0.25, -0.2) is 0 Å². The third-order valence-corrected chi connectivity index (χ3v) is 6.50. The number of amides is 1. The summed E-state index contributed by atoms with van der Waals surface area (Å²) >= 11 is 0. The molecule has 2 aliphatic rings. The fourth-order valence-electron chi connectivity index (χ4n) is 4.56. The molecule has 2 aromatic rings. The summed E-state index contributed by atoms with van der Waals surface area (Å²) in [6, 6.07) is 8.09. The molecule has 7 nitrogen and oxygen atoms in total. The first-order valence-electron chi connectivity index (χ1n) is 11.0. The van der Waals surface area contributed by atoms with Crippen molar-refractivity contribution in [3.05, 3.63) is 35.6 Å². The Labute approximate surface area is 178 Å². The highest BCUT2D eigenvalue weighted by Crippen LogP contribution is 2.24. The van der Waals surface area contributed by atoms with Gasteiger partial charge in [-0.1, -0.05) is 18.2 Å². The molecule has 3 heterocycles. The molecule has 0 radical (unpaired) electrons. The molecule has 1 N–H and O–H groups in total. The summed E-state index contributed by atoms with van der Waals surface area (Å²) in [5.41, 5.74) is 2.10. The Kier molecular flexibility index (Phi) is 6.27. The fourth-order valence-corrected chi connectivity index (χ4v) is 4.56. The van der Waals surface area contributed by atoms with Crippen LogP contribution in [0.15, 0.2) is 33.7 Å². The Morgan fingerprint density at radius 3 is 2.47 bits per heavy atom. The first kappa shape index (κ1) is 20.7. The predicted molar refractivity (Wildman–Crippen MR) is 120 cm³/mol. The van der Waals surface area contributed by atoms with Crippen molar-refractivity contribution in [2.24, 2.45) is 4.99 Å². The lowest BCUT2D eigenvalue weighted by Gasteiger charge is -2.39. The zero-order valence-electron chi connectivity index (χ0n) is 18.4. The Morgan fingerprint density at radius 1 is 1.10 bits per heavy atom. The number of carbonyl (C=O) groups excluding carboxylic acids is 1. The van der Waals surface area contributed by atoms with E-state index in [0.717, 1.165) is 74.8 Å². The van der Waals surface area contributed by atoms with Crippen molar-refractivity contribution >= 4 is 22.8 Å². The predicted octanol–water partition coefficient (Wildman–Crippen LogP) is 2.45. The number of likely N-dealkylation sites (tertiary alicyclic amines) is 1. The molecular weight excluding hydrogens is 378 g/mol. The van der Waals surface area contributed by atoms with Crippen LogP contribution in [0.5, 0.6) is 0 Å². The highest BCUT2D eigenvalue weighted by atomic mass is 16.3. The van der Waals surface area contributed by atoms with E-state index in [1.807, 2.05) is 37.1 Å². The van der Waals surface area contributed by atoms with Gasteiger partial charge in [0, 0.05) is 57.3 Å². The van der Waals surface area contributed by atoms with Crippen LogP contribution in [0.4, 0.5) is 0 Å². The standard InChI is InChI=1S/C23H33N5O2/c1-17-19-8-4-5-9-20(19)30-21(17)16-25-23(24-3)28-14-12-26(13-15-28)18(2)22(29)27-10-6-7-11-27/h4-5,8-9,18H,6-7,10-16H2,1-3H3,(H,24,25). The van der Waals surface area contributed by atoms with Gasteiger partial charge < -0.3 is 19.5 Å². The minimum Gasteiger partial charge on any atom is -0.459 e. The van der Waals surface area contributed by atoms with Gasteiger partial charge >= 0.3 is 0 Å². The average molecular weight is 412 g/mol. The molecule has 4 rings (SSSR count). The molecule has 1 aromatic carbocycles. The molecule has 162 valence electrons. The van der Waals surface area contributed by atoms with Gasteiger partial charge in [-0.05, 0) is 32.8 Å². The van der Waals surface area contributed by atoms with Crippen LogP contribution in [0, 0.1) is 6.92 Å². The lowest BCUT2D eigenvalue weighted by molar-refractivity contribution is -0.135. The first-order valence-corrected chi connectivity index (χ1v) is 11.0. The smallest absolute Gasteiger partial charge is 0.239 e. The molecule has 2 saturated heterocycles. The molecule has 30 heavy (non-hydrogen) atoms. The number of carbonyl (C=O) groups is 1. The topological polar surface area (TPSA) is 64.3 Å². The second-order valence-electron chi connectivity index (χ2n) is 8.28. The molecule has 1 aromatic heterocycles. The number of fused-ring (bicyclic) bond motifs is 1. The van der Waals surface area contributed by atoms with E-state index in [4.69, 9.17) is 4.42 Å². The number of aliphatic imine (C=N–C) groups is 1. The normalized spacial score (nSPS) is 19.5. The van der Waals surface area contributed by atoms with E-state index in [2.05, 4.69) is 33.1 Å². The van der Waals surface area contributed by atoms with Crippen molar-refractivity contribution in [3.8, 4) is 0 Å². The van der Waals surface area contributed by atoms with Gasteiger partial charge in [0.25, 0.3) is 0 Å². The lowest BCUT2D eigenvalue weighted by Crippen LogP contribution is -2.57. The van der Waals surface area contributed by atoms with Gasteiger partial charge in [-0.2, -0.15) is 0 Å². The largest absolute Gasteiger partial charge is 0.459 e. The number of benzene rings is 1. The second-order valence-corrected chi connectivity index (χ2v) is 8.28. The van der Waals surface area contributed by atoms with Crippen LogP contribution in [0.3, 0.4) is 0 Å². The van der Waals surface area contributed by atoms with Crippen molar-refractivity contribution in [2.45, 2.75) is 39.3 Å². The van der Waals surface area contributed by atoms with Crippen LogP contribution in [-0.4, -0.2) is 78.9 Å². The van der Waals surface area contributed by atoms with Gasteiger partial charge in [-0.15, -0.1) is 0 Å². The van der Waals surface area contributed by atoms with Crippen LogP contribution in [0.2, 0.25) is 0 Å². The third-order valence-electron chi connectivity index (χ3n) is 6.50. The quantitative estimate of drug-likeness (QED) is 0.618. The van der Waals surface area contributed by atoms with E-state index in [0.29, 0.717) is 6.54 Å². The van der Waals surface area contributed by atoms with E-state index in [9.17, 15) is 4.79 Å². The van der Waals surface area contributed by atoms with Crippen LogP contribution < -0.4 is 5.32 Å². The summed E-state index contributed by atoms with van der Waals surface area (Å²) in [5, 5.41) is 4.62. The van der Waals surface area contributed by atoms with Gasteiger partial charge in [0.15, 0.2) is 5.96 Å².